The van der Waals surface area contributed by atoms with Crippen molar-refractivity contribution in [3.63, 3.8) is 0 Å². The Morgan fingerprint density at radius 2 is 1.73 bits per heavy atom. The van der Waals surface area contributed by atoms with Crippen LogP contribution in [-0.4, -0.2) is 37.6 Å². The Labute approximate surface area is 131 Å². The van der Waals surface area contributed by atoms with Crippen molar-refractivity contribution in [3.05, 3.63) is 23.8 Å². The largest absolute Gasteiger partial charge is 0.490 e. The minimum Gasteiger partial charge on any atom is -0.490 e. The molecule has 2 N–H and O–H groups in total. The lowest BCUT2D eigenvalue weighted by atomic mass is 10.2. The fraction of sp³-hybridized carbons (Fsp3) is 0.500. The molecule has 0 radical (unpaired) electrons. The van der Waals surface area contributed by atoms with Gasteiger partial charge in [0.1, 0.15) is 0 Å². The van der Waals surface area contributed by atoms with Crippen molar-refractivity contribution in [3.8, 4) is 11.5 Å². The van der Waals surface area contributed by atoms with Gasteiger partial charge in [-0.2, -0.15) is 0 Å². The summed E-state index contributed by atoms with van der Waals surface area (Å²) in [6.07, 6.45) is 0. The van der Waals surface area contributed by atoms with Crippen LogP contribution in [0, 0.1) is 0 Å². The molecule has 6 heteroatoms. The maximum atomic E-state index is 12.1. The number of amides is 2. The second-order valence-electron chi connectivity index (χ2n) is 4.93. The highest BCUT2D eigenvalue weighted by molar-refractivity contribution is 5.97. The van der Waals surface area contributed by atoms with E-state index in [9.17, 15) is 9.59 Å². The number of rotatable bonds is 8. The molecule has 0 spiro atoms. The van der Waals surface area contributed by atoms with E-state index >= 15 is 0 Å². The van der Waals surface area contributed by atoms with Gasteiger partial charge in [-0.05, 0) is 45.9 Å². The van der Waals surface area contributed by atoms with Crippen LogP contribution in [0.5, 0.6) is 11.5 Å². The summed E-state index contributed by atoms with van der Waals surface area (Å²) in [6, 6.07) is 4.99. The molecule has 0 aliphatic heterocycles. The fourth-order valence-corrected chi connectivity index (χ4v) is 1.83. The molecule has 1 aromatic carbocycles. The quantitative estimate of drug-likeness (QED) is 0.767. The van der Waals surface area contributed by atoms with Crippen molar-refractivity contribution in [1.29, 1.82) is 0 Å². The Morgan fingerprint density at radius 1 is 1.09 bits per heavy atom. The summed E-state index contributed by atoms with van der Waals surface area (Å²) in [5.74, 6) is 0.560. The van der Waals surface area contributed by atoms with Crippen molar-refractivity contribution < 1.29 is 19.1 Å². The summed E-state index contributed by atoms with van der Waals surface area (Å²) < 4.78 is 10.9. The molecule has 0 aromatic heterocycles. The van der Waals surface area contributed by atoms with Gasteiger partial charge in [-0.15, -0.1) is 0 Å². The molecule has 0 saturated heterocycles. The molecule has 22 heavy (non-hydrogen) atoms. The number of ether oxygens (including phenoxy) is 2. The van der Waals surface area contributed by atoms with E-state index in [0.29, 0.717) is 30.3 Å². The molecule has 0 aliphatic rings. The standard InChI is InChI=1S/C16H24N2O4/c1-5-21-13-8-7-12(9-14(13)22-6-2)16(20)17-10-15(19)18-11(3)4/h7-9,11H,5-6,10H2,1-4H3,(H,17,20)(H,18,19). The number of carbonyl (C=O) groups excluding carboxylic acids is 2. The first-order chi connectivity index (χ1) is 10.5. The maximum Gasteiger partial charge on any atom is 0.251 e. The summed E-state index contributed by atoms with van der Waals surface area (Å²) in [5, 5.41) is 5.29. The molecule has 122 valence electrons. The Morgan fingerprint density at radius 3 is 2.32 bits per heavy atom. The van der Waals surface area contributed by atoms with E-state index in [-0.39, 0.29) is 24.4 Å². The van der Waals surface area contributed by atoms with Crippen LogP contribution in [0.15, 0.2) is 18.2 Å². The second kappa shape index (κ2) is 8.92. The summed E-state index contributed by atoms with van der Waals surface area (Å²) in [7, 11) is 0. The lowest BCUT2D eigenvalue weighted by molar-refractivity contribution is -0.120. The Kier molecular flexibility index (Phi) is 7.22. The van der Waals surface area contributed by atoms with Gasteiger partial charge in [0.25, 0.3) is 5.91 Å². The lowest BCUT2D eigenvalue weighted by Gasteiger charge is -2.13. The highest BCUT2D eigenvalue weighted by Gasteiger charge is 2.12. The average molecular weight is 308 g/mol. The van der Waals surface area contributed by atoms with E-state index in [0.717, 1.165) is 0 Å². The lowest BCUT2D eigenvalue weighted by Crippen LogP contribution is -2.39. The van der Waals surface area contributed by atoms with Crippen molar-refractivity contribution in [2.45, 2.75) is 33.7 Å². The second-order valence-corrected chi connectivity index (χ2v) is 4.93. The summed E-state index contributed by atoms with van der Waals surface area (Å²) in [6.45, 7) is 8.39. The van der Waals surface area contributed by atoms with Gasteiger partial charge >= 0.3 is 0 Å². The zero-order chi connectivity index (χ0) is 16.5. The summed E-state index contributed by atoms with van der Waals surface area (Å²) in [5.41, 5.74) is 0.421. The van der Waals surface area contributed by atoms with Crippen molar-refractivity contribution in [2.75, 3.05) is 19.8 Å². The predicted octanol–water partition coefficient (Wildman–Crippen LogP) is 1.74. The molecule has 0 bridgehead atoms. The highest BCUT2D eigenvalue weighted by atomic mass is 16.5. The van der Waals surface area contributed by atoms with E-state index in [1.807, 2.05) is 27.7 Å². The average Bonchev–Trinajstić information content (AvgIpc) is 2.46. The van der Waals surface area contributed by atoms with E-state index in [1.165, 1.54) is 0 Å². The minimum atomic E-state index is -0.331. The number of carbonyl (C=O) groups is 2. The monoisotopic (exact) mass is 308 g/mol. The SMILES string of the molecule is CCOc1ccc(C(=O)NCC(=O)NC(C)C)cc1OCC. The Bertz CT molecular complexity index is 515. The zero-order valence-electron chi connectivity index (χ0n) is 13.6. The molecule has 1 rings (SSSR count). The van der Waals surface area contributed by atoms with Crippen LogP contribution in [0.4, 0.5) is 0 Å². The van der Waals surface area contributed by atoms with Crippen LogP contribution in [-0.2, 0) is 4.79 Å². The van der Waals surface area contributed by atoms with Gasteiger partial charge in [-0.1, -0.05) is 0 Å². The van der Waals surface area contributed by atoms with Gasteiger partial charge < -0.3 is 20.1 Å². The topological polar surface area (TPSA) is 76.7 Å². The molecule has 6 nitrogen and oxygen atoms in total. The van der Waals surface area contributed by atoms with Gasteiger partial charge in [0, 0.05) is 11.6 Å². The van der Waals surface area contributed by atoms with Crippen LogP contribution in [0.3, 0.4) is 0 Å². The first-order valence-electron chi connectivity index (χ1n) is 7.45. The number of benzene rings is 1. The Hall–Kier alpha value is -2.24. The first-order valence-corrected chi connectivity index (χ1v) is 7.45. The van der Waals surface area contributed by atoms with Crippen molar-refractivity contribution >= 4 is 11.8 Å². The van der Waals surface area contributed by atoms with Crippen molar-refractivity contribution in [2.24, 2.45) is 0 Å². The number of nitrogens with one attached hydrogen (secondary N) is 2. The van der Waals surface area contributed by atoms with Gasteiger partial charge in [0.05, 0.1) is 19.8 Å². The number of hydrogen-bond donors (Lipinski definition) is 2. The number of hydrogen-bond acceptors (Lipinski definition) is 4. The van der Waals surface area contributed by atoms with Crippen LogP contribution >= 0.6 is 0 Å². The predicted molar refractivity (Wildman–Crippen MR) is 84.4 cm³/mol. The van der Waals surface area contributed by atoms with E-state index < -0.39 is 0 Å². The minimum absolute atomic E-state index is 0.0411. The smallest absolute Gasteiger partial charge is 0.251 e. The molecule has 0 aliphatic carbocycles. The third kappa shape index (κ3) is 5.63. The molecule has 0 atom stereocenters. The van der Waals surface area contributed by atoms with Crippen LogP contribution in [0.25, 0.3) is 0 Å². The molecule has 0 unspecified atom stereocenters. The molecular formula is C16H24N2O4. The highest BCUT2D eigenvalue weighted by Crippen LogP contribution is 2.28. The van der Waals surface area contributed by atoms with E-state index in [1.54, 1.807) is 18.2 Å². The van der Waals surface area contributed by atoms with Gasteiger partial charge in [0.2, 0.25) is 5.91 Å². The van der Waals surface area contributed by atoms with Crippen molar-refractivity contribution in [1.82, 2.24) is 10.6 Å². The normalized spacial score (nSPS) is 10.2. The molecule has 0 heterocycles. The summed E-state index contributed by atoms with van der Waals surface area (Å²) >= 11 is 0. The third-order valence-corrected chi connectivity index (χ3v) is 2.66. The fourth-order valence-electron chi connectivity index (χ4n) is 1.83. The van der Waals surface area contributed by atoms with Gasteiger partial charge in [-0.3, -0.25) is 9.59 Å². The van der Waals surface area contributed by atoms with E-state index in [4.69, 9.17) is 9.47 Å². The molecule has 0 fully saturated rings. The maximum absolute atomic E-state index is 12.1. The van der Waals surface area contributed by atoms with Crippen LogP contribution in [0.1, 0.15) is 38.1 Å². The van der Waals surface area contributed by atoms with Crippen LogP contribution < -0.4 is 20.1 Å². The van der Waals surface area contributed by atoms with Gasteiger partial charge in [0.15, 0.2) is 11.5 Å². The third-order valence-electron chi connectivity index (χ3n) is 2.66. The van der Waals surface area contributed by atoms with Gasteiger partial charge in [-0.25, -0.2) is 0 Å². The van der Waals surface area contributed by atoms with Crippen LogP contribution in [0.2, 0.25) is 0 Å². The molecule has 2 amide bonds. The zero-order valence-corrected chi connectivity index (χ0v) is 13.6. The molecule has 0 saturated carbocycles. The van der Waals surface area contributed by atoms with E-state index in [2.05, 4.69) is 10.6 Å². The molecular weight excluding hydrogens is 284 g/mol. The summed E-state index contributed by atoms with van der Waals surface area (Å²) in [4.78, 5) is 23.6. The Balaban J connectivity index is 2.72. The molecule has 1 aromatic rings. The first kappa shape index (κ1) is 17.8.